The highest BCUT2D eigenvalue weighted by molar-refractivity contribution is 7.95. The zero-order chi connectivity index (χ0) is 25.8. The van der Waals surface area contributed by atoms with Gasteiger partial charge in [-0.2, -0.15) is 18.1 Å². The van der Waals surface area contributed by atoms with Crippen LogP contribution < -0.4 is 10.1 Å². The number of rotatable bonds is 9. The molecule has 2 aromatic heterocycles. The Morgan fingerprint density at radius 3 is 2.56 bits per heavy atom. The number of carbonyl (C=O) groups excluding carboxylic acids is 1. The number of pyridine rings is 1. The Morgan fingerprint density at radius 2 is 1.92 bits per heavy atom. The first kappa shape index (κ1) is 25.4. The number of carbonyl (C=O) groups is 1. The largest absolute Gasteiger partial charge is 0.438 e. The average Bonchev–Trinajstić information content (AvgIpc) is 3.67. The standard InChI is InChI=1S/C25H25F2N5O3S/c1-25(26,27)24-29-16-19(23(31-24)35-18-8-4-3-5-9-18)22(33)30-20(17-11-12-17)13-15-36(2,34)32-21-10-6-7-14-28-21/h3-10,13-17,20H,11-12H2,1-2H3,(H,30,33)/b15-13+. The van der Waals surface area contributed by atoms with Gasteiger partial charge in [0, 0.05) is 31.0 Å². The summed E-state index contributed by atoms with van der Waals surface area (Å²) in [4.78, 5) is 24.8. The number of para-hydroxylation sites is 1. The molecule has 0 bridgehead atoms. The van der Waals surface area contributed by atoms with E-state index in [4.69, 9.17) is 4.74 Å². The Kier molecular flexibility index (Phi) is 7.39. The van der Waals surface area contributed by atoms with E-state index in [1.807, 2.05) is 0 Å². The second kappa shape index (κ2) is 10.5. The molecule has 36 heavy (non-hydrogen) atoms. The van der Waals surface area contributed by atoms with Gasteiger partial charge in [-0.05, 0) is 43.0 Å². The molecular weight excluding hydrogens is 488 g/mol. The highest BCUT2D eigenvalue weighted by Gasteiger charge is 2.33. The lowest BCUT2D eigenvalue weighted by Crippen LogP contribution is -2.35. The molecule has 1 saturated carbocycles. The Hall–Kier alpha value is -3.73. The first-order valence-electron chi connectivity index (χ1n) is 11.2. The van der Waals surface area contributed by atoms with E-state index in [9.17, 15) is 17.8 Å². The summed E-state index contributed by atoms with van der Waals surface area (Å²) in [5.41, 5.74) is -0.0960. The molecule has 1 aliphatic rings. The summed E-state index contributed by atoms with van der Waals surface area (Å²) in [6, 6.07) is 13.1. The van der Waals surface area contributed by atoms with Crippen LogP contribution in [0.5, 0.6) is 11.6 Å². The molecule has 8 nitrogen and oxygen atoms in total. The molecule has 4 rings (SSSR count). The molecule has 11 heteroatoms. The van der Waals surface area contributed by atoms with Crippen LogP contribution in [-0.4, -0.2) is 37.4 Å². The lowest BCUT2D eigenvalue weighted by Gasteiger charge is -2.17. The van der Waals surface area contributed by atoms with Crippen LogP contribution >= 0.6 is 0 Å². The fourth-order valence-corrected chi connectivity index (χ4v) is 4.27. The molecule has 0 aliphatic heterocycles. The SMILES string of the molecule is CC(F)(F)c1ncc(C(=O)NC(/C=C/S(C)(=O)=Nc2ccccn2)C2CC2)c(Oc2ccccc2)n1. The van der Waals surface area contributed by atoms with Crippen molar-refractivity contribution in [3.63, 3.8) is 0 Å². The number of nitrogens with one attached hydrogen (secondary N) is 1. The fourth-order valence-electron chi connectivity index (χ4n) is 3.27. The molecule has 1 N–H and O–H groups in total. The molecule has 0 spiro atoms. The molecule has 1 fully saturated rings. The van der Waals surface area contributed by atoms with Crippen molar-refractivity contribution in [2.75, 3.05) is 6.26 Å². The predicted octanol–water partition coefficient (Wildman–Crippen LogP) is 5.23. The van der Waals surface area contributed by atoms with Crippen LogP contribution in [0.2, 0.25) is 0 Å². The van der Waals surface area contributed by atoms with E-state index in [1.165, 1.54) is 11.7 Å². The van der Waals surface area contributed by atoms with E-state index in [-0.39, 0.29) is 17.4 Å². The first-order chi connectivity index (χ1) is 17.1. The van der Waals surface area contributed by atoms with Crippen molar-refractivity contribution in [3.8, 4) is 11.6 Å². The molecule has 0 radical (unpaired) electrons. The van der Waals surface area contributed by atoms with Gasteiger partial charge in [-0.3, -0.25) is 4.79 Å². The minimum atomic E-state index is -3.32. The van der Waals surface area contributed by atoms with Crippen LogP contribution in [0.1, 0.15) is 35.9 Å². The van der Waals surface area contributed by atoms with Gasteiger partial charge in [-0.1, -0.05) is 30.3 Å². The van der Waals surface area contributed by atoms with Gasteiger partial charge in [-0.15, -0.1) is 0 Å². The van der Waals surface area contributed by atoms with E-state index >= 15 is 0 Å². The third kappa shape index (κ3) is 6.91. The van der Waals surface area contributed by atoms with Crippen molar-refractivity contribution in [2.45, 2.75) is 31.7 Å². The zero-order valence-corrected chi connectivity index (χ0v) is 20.5. The molecule has 1 amide bonds. The molecule has 0 saturated heterocycles. The molecule has 1 aliphatic carbocycles. The van der Waals surface area contributed by atoms with Crippen molar-refractivity contribution in [2.24, 2.45) is 10.3 Å². The molecule has 2 atom stereocenters. The zero-order valence-electron chi connectivity index (χ0n) is 19.7. The summed E-state index contributed by atoms with van der Waals surface area (Å²) in [5.74, 6) is -4.14. The van der Waals surface area contributed by atoms with Crippen molar-refractivity contribution in [1.29, 1.82) is 0 Å². The minimum absolute atomic E-state index is 0.0960. The quantitative estimate of drug-likeness (QED) is 0.420. The van der Waals surface area contributed by atoms with Crippen LogP contribution in [0.25, 0.3) is 0 Å². The summed E-state index contributed by atoms with van der Waals surface area (Å²) >= 11 is 0. The number of halogens is 2. The van der Waals surface area contributed by atoms with Gasteiger partial charge in [0.25, 0.3) is 5.91 Å². The van der Waals surface area contributed by atoms with Gasteiger partial charge in [0.1, 0.15) is 11.3 Å². The van der Waals surface area contributed by atoms with Crippen LogP contribution in [0, 0.1) is 5.92 Å². The first-order valence-corrected chi connectivity index (χ1v) is 13.2. The van der Waals surface area contributed by atoms with Crippen LogP contribution in [0.4, 0.5) is 14.6 Å². The molecule has 188 valence electrons. The number of hydrogen-bond donors (Lipinski definition) is 1. The number of nitrogens with zero attached hydrogens (tertiary/aromatic N) is 4. The highest BCUT2D eigenvalue weighted by Crippen LogP contribution is 2.34. The van der Waals surface area contributed by atoms with Crippen molar-refractivity contribution >= 4 is 21.5 Å². The van der Waals surface area contributed by atoms with Crippen molar-refractivity contribution in [3.05, 3.63) is 83.8 Å². The van der Waals surface area contributed by atoms with Gasteiger partial charge in [0.2, 0.25) is 11.7 Å². The summed E-state index contributed by atoms with van der Waals surface area (Å²) in [6.45, 7) is 0.667. The summed E-state index contributed by atoms with van der Waals surface area (Å²) in [5, 5.41) is 4.32. The van der Waals surface area contributed by atoms with Crippen LogP contribution in [-0.2, 0) is 15.7 Å². The summed E-state index contributed by atoms with van der Waals surface area (Å²) < 4.78 is 50.5. The van der Waals surface area contributed by atoms with E-state index in [0.717, 1.165) is 19.0 Å². The molecule has 2 heterocycles. The smallest absolute Gasteiger partial charge is 0.303 e. The number of ether oxygens (including phenoxy) is 1. The average molecular weight is 514 g/mol. The predicted molar refractivity (Wildman–Crippen MR) is 132 cm³/mol. The third-order valence-corrected chi connectivity index (χ3v) is 6.45. The maximum absolute atomic E-state index is 13.9. The topological polar surface area (TPSA) is 106 Å². The third-order valence-electron chi connectivity index (χ3n) is 5.24. The van der Waals surface area contributed by atoms with Crippen molar-refractivity contribution < 1.29 is 22.5 Å². The monoisotopic (exact) mass is 513 g/mol. The van der Waals surface area contributed by atoms with E-state index in [0.29, 0.717) is 18.5 Å². The van der Waals surface area contributed by atoms with Crippen LogP contribution in [0.3, 0.4) is 0 Å². The number of aromatic nitrogens is 3. The van der Waals surface area contributed by atoms with Gasteiger partial charge >= 0.3 is 5.92 Å². The van der Waals surface area contributed by atoms with E-state index in [1.54, 1.807) is 60.8 Å². The second-order valence-electron chi connectivity index (χ2n) is 8.52. The number of hydrogen-bond acceptors (Lipinski definition) is 7. The Morgan fingerprint density at radius 1 is 1.19 bits per heavy atom. The lowest BCUT2D eigenvalue weighted by atomic mass is 10.1. The molecule has 3 aromatic rings. The Bertz CT molecular complexity index is 1370. The molecular formula is C25H25F2N5O3S. The number of amides is 1. The summed E-state index contributed by atoms with van der Waals surface area (Å²) in [7, 11) is -2.76. The van der Waals surface area contributed by atoms with Gasteiger partial charge in [-0.25, -0.2) is 14.2 Å². The Labute approximate surface area is 208 Å². The van der Waals surface area contributed by atoms with Gasteiger partial charge < -0.3 is 10.1 Å². The normalized spacial score (nSPS) is 16.2. The fraction of sp³-hybridized carbons (Fsp3) is 0.280. The van der Waals surface area contributed by atoms with Gasteiger partial charge in [0.05, 0.1) is 15.8 Å². The van der Waals surface area contributed by atoms with E-state index in [2.05, 4.69) is 24.6 Å². The Balaban J connectivity index is 1.59. The second-order valence-corrected chi connectivity index (χ2v) is 10.7. The molecule has 2 unspecified atom stereocenters. The maximum atomic E-state index is 13.9. The van der Waals surface area contributed by atoms with Crippen LogP contribution in [0.15, 0.2) is 76.8 Å². The van der Waals surface area contributed by atoms with Crippen molar-refractivity contribution in [1.82, 2.24) is 20.3 Å². The van der Waals surface area contributed by atoms with E-state index < -0.39 is 33.4 Å². The maximum Gasteiger partial charge on any atom is 0.303 e. The number of benzene rings is 1. The van der Waals surface area contributed by atoms with Gasteiger partial charge in [0.15, 0.2) is 5.82 Å². The summed E-state index contributed by atoms with van der Waals surface area (Å²) in [6.07, 6.45) is 7.47. The highest BCUT2D eigenvalue weighted by atomic mass is 32.2. The minimum Gasteiger partial charge on any atom is -0.438 e. The number of alkyl halides is 2. The lowest BCUT2D eigenvalue weighted by molar-refractivity contribution is 0.00707. The molecule has 1 aromatic carbocycles.